The standard InChI is InChI=1S/C19H20N2O2/c20-8-1-9-23-13-14-2-3-16-11-21-12-19(18(16)10-14)15-4-6-17(22)7-5-15/h2-7,10-12,22H,1,8-9,13,20H2. The quantitative estimate of drug-likeness (QED) is 0.684. The molecular formula is C19H20N2O2. The maximum atomic E-state index is 9.46. The number of pyridine rings is 1. The van der Waals surface area contributed by atoms with Crippen LogP contribution in [0.5, 0.6) is 5.75 Å². The van der Waals surface area contributed by atoms with Crippen LogP contribution in [-0.4, -0.2) is 23.2 Å². The highest BCUT2D eigenvalue weighted by atomic mass is 16.5. The number of nitrogens with zero attached hydrogens (tertiary/aromatic N) is 1. The number of rotatable bonds is 6. The van der Waals surface area contributed by atoms with Crippen molar-refractivity contribution in [2.45, 2.75) is 13.0 Å². The lowest BCUT2D eigenvalue weighted by molar-refractivity contribution is 0.120. The first-order valence-corrected chi connectivity index (χ1v) is 7.72. The van der Waals surface area contributed by atoms with E-state index in [2.05, 4.69) is 23.2 Å². The smallest absolute Gasteiger partial charge is 0.115 e. The van der Waals surface area contributed by atoms with Gasteiger partial charge in [-0.3, -0.25) is 4.98 Å². The van der Waals surface area contributed by atoms with E-state index in [0.29, 0.717) is 19.8 Å². The van der Waals surface area contributed by atoms with E-state index in [-0.39, 0.29) is 5.75 Å². The van der Waals surface area contributed by atoms with Gasteiger partial charge in [0.25, 0.3) is 0 Å². The van der Waals surface area contributed by atoms with E-state index in [9.17, 15) is 5.11 Å². The minimum atomic E-state index is 0.260. The molecule has 0 aliphatic heterocycles. The third-order valence-corrected chi connectivity index (χ3v) is 3.76. The van der Waals surface area contributed by atoms with Gasteiger partial charge in [0, 0.05) is 30.0 Å². The van der Waals surface area contributed by atoms with Crippen LogP contribution in [0.25, 0.3) is 21.9 Å². The van der Waals surface area contributed by atoms with Gasteiger partial charge < -0.3 is 15.6 Å². The number of aromatic nitrogens is 1. The molecule has 0 saturated heterocycles. The van der Waals surface area contributed by atoms with Gasteiger partial charge in [-0.25, -0.2) is 0 Å². The van der Waals surface area contributed by atoms with E-state index in [1.807, 2.05) is 24.5 Å². The Hall–Kier alpha value is -2.43. The monoisotopic (exact) mass is 308 g/mol. The van der Waals surface area contributed by atoms with Gasteiger partial charge in [0.2, 0.25) is 0 Å². The summed E-state index contributed by atoms with van der Waals surface area (Å²) in [6.45, 7) is 1.90. The Balaban J connectivity index is 1.93. The molecule has 0 aliphatic carbocycles. The van der Waals surface area contributed by atoms with Crippen LogP contribution in [-0.2, 0) is 11.3 Å². The zero-order valence-electron chi connectivity index (χ0n) is 12.9. The molecule has 1 aromatic heterocycles. The number of hydrogen-bond acceptors (Lipinski definition) is 4. The number of fused-ring (bicyclic) bond motifs is 1. The fourth-order valence-corrected chi connectivity index (χ4v) is 2.55. The summed E-state index contributed by atoms with van der Waals surface area (Å²) >= 11 is 0. The number of phenolic OH excluding ortho intramolecular Hbond substituents is 1. The summed E-state index contributed by atoms with van der Waals surface area (Å²) in [5.74, 6) is 0.260. The SMILES string of the molecule is NCCCOCc1ccc2cncc(-c3ccc(O)cc3)c2c1. The van der Waals surface area contributed by atoms with Crippen molar-refractivity contribution in [1.29, 1.82) is 0 Å². The van der Waals surface area contributed by atoms with Crippen LogP contribution < -0.4 is 5.73 Å². The second-order valence-electron chi connectivity index (χ2n) is 5.48. The molecule has 0 saturated carbocycles. The van der Waals surface area contributed by atoms with Gasteiger partial charge in [-0.2, -0.15) is 0 Å². The molecule has 3 N–H and O–H groups in total. The first kappa shape index (κ1) is 15.5. The molecule has 0 amide bonds. The predicted molar refractivity (Wildman–Crippen MR) is 92.2 cm³/mol. The van der Waals surface area contributed by atoms with Crippen LogP contribution in [0.4, 0.5) is 0 Å². The van der Waals surface area contributed by atoms with Crippen molar-refractivity contribution in [1.82, 2.24) is 4.98 Å². The largest absolute Gasteiger partial charge is 0.508 e. The molecule has 4 nitrogen and oxygen atoms in total. The second kappa shape index (κ2) is 7.22. The summed E-state index contributed by atoms with van der Waals surface area (Å²) in [4.78, 5) is 4.32. The zero-order chi connectivity index (χ0) is 16.1. The summed E-state index contributed by atoms with van der Waals surface area (Å²) in [7, 11) is 0. The third kappa shape index (κ3) is 3.67. The Morgan fingerprint density at radius 2 is 1.87 bits per heavy atom. The Kier molecular flexibility index (Phi) is 4.86. The van der Waals surface area contributed by atoms with E-state index in [1.165, 1.54) is 0 Å². The Morgan fingerprint density at radius 1 is 1.04 bits per heavy atom. The highest BCUT2D eigenvalue weighted by Crippen LogP contribution is 2.29. The molecule has 0 unspecified atom stereocenters. The van der Waals surface area contributed by atoms with Crippen LogP contribution in [0.1, 0.15) is 12.0 Å². The summed E-state index contributed by atoms with van der Waals surface area (Å²) in [5.41, 5.74) is 8.68. The lowest BCUT2D eigenvalue weighted by Crippen LogP contribution is -2.04. The lowest BCUT2D eigenvalue weighted by Gasteiger charge is -2.09. The zero-order valence-corrected chi connectivity index (χ0v) is 12.9. The molecule has 2 aromatic carbocycles. The van der Waals surface area contributed by atoms with Gasteiger partial charge in [0.15, 0.2) is 0 Å². The summed E-state index contributed by atoms with van der Waals surface area (Å²) in [6.07, 6.45) is 4.59. The van der Waals surface area contributed by atoms with Gasteiger partial charge >= 0.3 is 0 Å². The molecule has 0 radical (unpaired) electrons. The van der Waals surface area contributed by atoms with E-state index < -0.39 is 0 Å². The van der Waals surface area contributed by atoms with Gasteiger partial charge in [0.1, 0.15) is 5.75 Å². The van der Waals surface area contributed by atoms with E-state index >= 15 is 0 Å². The molecule has 1 heterocycles. The van der Waals surface area contributed by atoms with Gasteiger partial charge in [-0.15, -0.1) is 0 Å². The molecule has 0 aliphatic rings. The Bertz CT molecular complexity index is 785. The van der Waals surface area contributed by atoms with E-state index in [1.54, 1.807) is 12.1 Å². The van der Waals surface area contributed by atoms with Crippen molar-refractivity contribution in [2.75, 3.05) is 13.2 Å². The fraction of sp³-hybridized carbons (Fsp3) is 0.211. The number of phenols is 1. The summed E-state index contributed by atoms with van der Waals surface area (Å²) in [5, 5.41) is 11.7. The first-order valence-electron chi connectivity index (χ1n) is 7.72. The molecule has 23 heavy (non-hydrogen) atoms. The number of ether oxygens (including phenoxy) is 1. The lowest BCUT2D eigenvalue weighted by atomic mass is 9.99. The molecule has 0 atom stereocenters. The maximum Gasteiger partial charge on any atom is 0.115 e. The van der Waals surface area contributed by atoms with Crippen LogP contribution in [0, 0.1) is 0 Å². The van der Waals surface area contributed by atoms with Crippen LogP contribution in [0.2, 0.25) is 0 Å². The highest BCUT2D eigenvalue weighted by Gasteiger charge is 2.06. The van der Waals surface area contributed by atoms with Crippen LogP contribution in [0.15, 0.2) is 54.9 Å². The van der Waals surface area contributed by atoms with Crippen molar-refractivity contribution < 1.29 is 9.84 Å². The van der Waals surface area contributed by atoms with Crippen molar-refractivity contribution in [3.8, 4) is 16.9 Å². The third-order valence-electron chi connectivity index (χ3n) is 3.76. The second-order valence-corrected chi connectivity index (χ2v) is 5.48. The minimum absolute atomic E-state index is 0.260. The van der Waals surface area contributed by atoms with Crippen LogP contribution >= 0.6 is 0 Å². The molecule has 0 fully saturated rings. The van der Waals surface area contributed by atoms with Gasteiger partial charge in [0.05, 0.1) is 6.61 Å². The van der Waals surface area contributed by atoms with Gasteiger partial charge in [-0.05, 0) is 47.7 Å². The minimum Gasteiger partial charge on any atom is -0.508 e. The van der Waals surface area contributed by atoms with Gasteiger partial charge in [-0.1, -0.05) is 24.3 Å². The molecule has 3 rings (SSSR count). The van der Waals surface area contributed by atoms with Crippen molar-refractivity contribution in [3.63, 3.8) is 0 Å². The highest BCUT2D eigenvalue weighted by molar-refractivity contribution is 5.96. The Labute approximate surface area is 135 Å². The molecule has 3 aromatic rings. The number of nitrogens with two attached hydrogens (primary N) is 1. The maximum absolute atomic E-state index is 9.46. The normalized spacial score (nSPS) is 11.0. The molecular weight excluding hydrogens is 288 g/mol. The first-order chi connectivity index (χ1) is 11.3. The molecule has 0 spiro atoms. The fourth-order valence-electron chi connectivity index (χ4n) is 2.55. The average Bonchev–Trinajstić information content (AvgIpc) is 2.59. The average molecular weight is 308 g/mol. The van der Waals surface area contributed by atoms with Crippen LogP contribution in [0.3, 0.4) is 0 Å². The van der Waals surface area contributed by atoms with Crippen molar-refractivity contribution in [2.24, 2.45) is 5.73 Å². The number of aromatic hydroxyl groups is 1. The number of hydrogen-bond donors (Lipinski definition) is 2. The van der Waals surface area contributed by atoms with Crippen molar-refractivity contribution >= 4 is 10.8 Å². The number of benzene rings is 2. The predicted octanol–water partition coefficient (Wildman–Crippen LogP) is 3.47. The molecule has 0 bridgehead atoms. The molecule has 4 heteroatoms. The van der Waals surface area contributed by atoms with E-state index in [0.717, 1.165) is 33.9 Å². The summed E-state index contributed by atoms with van der Waals surface area (Å²) in [6, 6.07) is 13.4. The molecule has 118 valence electrons. The topological polar surface area (TPSA) is 68.4 Å². The Morgan fingerprint density at radius 3 is 2.65 bits per heavy atom. The van der Waals surface area contributed by atoms with E-state index in [4.69, 9.17) is 10.5 Å². The summed E-state index contributed by atoms with van der Waals surface area (Å²) < 4.78 is 5.64. The van der Waals surface area contributed by atoms with Crippen molar-refractivity contribution in [3.05, 3.63) is 60.4 Å².